The monoisotopic (exact) mass is 356 g/mol. The van der Waals surface area contributed by atoms with E-state index in [1.165, 1.54) is 18.2 Å². The molecule has 0 aliphatic heterocycles. The second-order valence-corrected chi connectivity index (χ2v) is 5.38. The summed E-state index contributed by atoms with van der Waals surface area (Å²) < 4.78 is 27.8. The third-order valence-electron chi connectivity index (χ3n) is 2.95. The van der Waals surface area contributed by atoms with E-state index in [1.54, 1.807) is 13.0 Å². The molecule has 0 aromatic heterocycles. The number of halogens is 3. The van der Waals surface area contributed by atoms with Crippen molar-refractivity contribution in [1.82, 2.24) is 0 Å². The van der Waals surface area contributed by atoms with Crippen LogP contribution in [0.4, 0.5) is 20.2 Å². The minimum Gasteiger partial charge on any atom is -0.374 e. The normalized spacial score (nSPS) is 12.0. The quantitative estimate of drug-likeness (QED) is 0.631. The molecule has 110 valence electrons. The van der Waals surface area contributed by atoms with Gasteiger partial charge in [-0.3, -0.25) is 10.1 Å². The first kappa shape index (κ1) is 15.4. The van der Waals surface area contributed by atoms with E-state index < -0.39 is 22.6 Å². The topological polar surface area (TPSA) is 55.2 Å². The van der Waals surface area contributed by atoms with Gasteiger partial charge in [-0.15, -0.1) is 0 Å². The lowest BCUT2D eigenvalue weighted by molar-refractivity contribution is -0.384. The van der Waals surface area contributed by atoms with Gasteiger partial charge in [0.2, 0.25) is 0 Å². The number of hydrogen-bond donors (Lipinski definition) is 1. The summed E-state index contributed by atoms with van der Waals surface area (Å²) in [6, 6.07) is 7.70. The predicted octanol–water partition coefficient (Wildman–Crippen LogP) is 4.81. The first-order valence-corrected chi connectivity index (χ1v) is 6.83. The van der Waals surface area contributed by atoms with Crippen LogP contribution in [0.2, 0.25) is 0 Å². The van der Waals surface area contributed by atoms with Crippen molar-refractivity contribution in [3.8, 4) is 0 Å². The van der Waals surface area contributed by atoms with Gasteiger partial charge in [0.15, 0.2) is 0 Å². The Morgan fingerprint density at radius 3 is 2.43 bits per heavy atom. The largest absolute Gasteiger partial charge is 0.374 e. The highest BCUT2D eigenvalue weighted by atomic mass is 79.9. The molecule has 21 heavy (non-hydrogen) atoms. The van der Waals surface area contributed by atoms with Gasteiger partial charge in [-0.05, 0) is 24.6 Å². The molecule has 2 aromatic rings. The van der Waals surface area contributed by atoms with E-state index in [2.05, 4.69) is 21.2 Å². The number of nitro benzene ring substituents is 1. The molecular weight excluding hydrogens is 346 g/mol. The van der Waals surface area contributed by atoms with Crippen LogP contribution >= 0.6 is 15.9 Å². The van der Waals surface area contributed by atoms with Crippen LogP contribution in [0.1, 0.15) is 18.5 Å². The van der Waals surface area contributed by atoms with Crippen LogP contribution in [0.15, 0.2) is 40.9 Å². The van der Waals surface area contributed by atoms with Crippen LogP contribution in [-0.2, 0) is 0 Å². The fourth-order valence-corrected chi connectivity index (χ4v) is 2.29. The van der Waals surface area contributed by atoms with Crippen LogP contribution in [0.5, 0.6) is 0 Å². The summed E-state index contributed by atoms with van der Waals surface area (Å²) in [5.74, 6) is -1.47. The second-order valence-electron chi connectivity index (χ2n) is 4.46. The van der Waals surface area contributed by atoms with Crippen molar-refractivity contribution >= 4 is 27.3 Å². The zero-order chi connectivity index (χ0) is 15.6. The molecule has 0 fully saturated rings. The summed E-state index contributed by atoms with van der Waals surface area (Å²) in [7, 11) is 0. The number of anilines is 1. The van der Waals surface area contributed by atoms with Crippen LogP contribution in [0.25, 0.3) is 0 Å². The molecule has 0 radical (unpaired) electrons. The minimum atomic E-state index is -0.737. The molecule has 1 atom stereocenters. The SMILES string of the molecule is CC(Nc1c(F)cc(Br)cc1F)c1cccc([N+](=O)[O-])c1. The van der Waals surface area contributed by atoms with Gasteiger partial charge in [-0.1, -0.05) is 28.1 Å². The van der Waals surface area contributed by atoms with Gasteiger partial charge < -0.3 is 5.32 Å². The first-order valence-electron chi connectivity index (χ1n) is 6.04. The summed E-state index contributed by atoms with van der Waals surface area (Å²) in [5, 5.41) is 13.4. The van der Waals surface area contributed by atoms with Crippen molar-refractivity contribution in [2.45, 2.75) is 13.0 Å². The highest BCUT2D eigenvalue weighted by Gasteiger charge is 2.16. The average Bonchev–Trinajstić information content (AvgIpc) is 2.42. The van der Waals surface area contributed by atoms with Crippen molar-refractivity contribution < 1.29 is 13.7 Å². The molecule has 0 saturated heterocycles. The lowest BCUT2D eigenvalue weighted by atomic mass is 10.1. The molecule has 1 unspecified atom stereocenters. The molecule has 0 aliphatic carbocycles. The number of benzene rings is 2. The number of nitrogens with zero attached hydrogens (tertiary/aromatic N) is 1. The van der Waals surface area contributed by atoms with Gasteiger partial charge >= 0.3 is 0 Å². The molecule has 0 aliphatic rings. The van der Waals surface area contributed by atoms with E-state index in [-0.39, 0.29) is 11.4 Å². The summed E-state index contributed by atoms with van der Waals surface area (Å²) in [5.41, 5.74) is 0.223. The maximum Gasteiger partial charge on any atom is 0.269 e. The van der Waals surface area contributed by atoms with Crippen molar-refractivity contribution in [1.29, 1.82) is 0 Å². The van der Waals surface area contributed by atoms with Crippen LogP contribution < -0.4 is 5.32 Å². The zero-order valence-corrected chi connectivity index (χ0v) is 12.5. The standard InChI is InChI=1S/C14H11BrF2N2O2/c1-8(9-3-2-4-11(5-9)19(20)21)18-14-12(16)6-10(15)7-13(14)17/h2-8,18H,1H3. The van der Waals surface area contributed by atoms with E-state index in [0.717, 1.165) is 12.1 Å². The second kappa shape index (κ2) is 6.17. The number of rotatable bonds is 4. The van der Waals surface area contributed by atoms with Gasteiger partial charge in [0.05, 0.1) is 4.92 Å². The van der Waals surface area contributed by atoms with Gasteiger partial charge in [0.1, 0.15) is 17.3 Å². The third kappa shape index (κ3) is 3.55. The predicted molar refractivity (Wildman–Crippen MR) is 79.2 cm³/mol. The molecule has 4 nitrogen and oxygen atoms in total. The van der Waals surface area contributed by atoms with E-state index in [4.69, 9.17) is 0 Å². The van der Waals surface area contributed by atoms with E-state index in [0.29, 0.717) is 10.0 Å². The van der Waals surface area contributed by atoms with E-state index in [1.807, 2.05) is 0 Å². The van der Waals surface area contributed by atoms with Crippen LogP contribution in [0.3, 0.4) is 0 Å². The molecule has 7 heteroatoms. The molecule has 0 bridgehead atoms. The Kier molecular flexibility index (Phi) is 4.52. The smallest absolute Gasteiger partial charge is 0.269 e. The summed E-state index contributed by atoms with van der Waals surface area (Å²) in [6.45, 7) is 1.67. The van der Waals surface area contributed by atoms with Crippen molar-refractivity contribution in [2.75, 3.05) is 5.32 Å². The van der Waals surface area contributed by atoms with E-state index in [9.17, 15) is 18.9 Å². The Morgan fingerprint density at radius 1 is 1.24 bits per heavy atom. The van der Waals surface area contributed by atoms with Crippen molar-refractivity contribution in [3.05, 3.63) is 68.2 Å². The molecular formula is C14H11BrF2N2O2. The summed E-state index contributed by atoms with van der Waals surface area (Å²) in [6.07, 6.45) is 0. The number of non-ortho nitro benzene ring substituents is 1. The van der Waals surface area contributed by atoms with E-state index >= 15 is 0 Å². The Hall–Kier alpha value is -2.02. The number of nitro groups is 1. The number of nitrogens with one attached hydrogen (secondary N) is 1. The van der Waals surface area contributed by atoms with Crippen molar-refractivity contribution in [2.24, 2.45) is 0 Å². The van der Waals surface area contributed by atoms with Gasteiger partial charge in [0.25, 0.3) is 5.69 Å². The average molecular weight is 357 g/mol. The zero-order valence-electron chi connectivity index (χ0n) is 10.9. The van der Waals surface area contributed by atoms with Crippen LogP contribution in [-0.4, -0.2) is 4.92 Å². The molecule has 2 aromatic carbocycles. The highest BCUT2D eigenvalue weighted by Crippen LogP contribution is 2.28. The fourth-order valence-electron chi connectivity index (χ4n) is 1.89. The molecule has 0 saturated carbocycles. The maximum absolute atomic E-state index is 13.8. The van der Waals surface area contributed by atoms with Gasteiger partial charge in [-0.2, -0.15) is 0 Å². The number of hydrogen-bond acceptors (Lipinski definition) is 3. The first-order chi connectivity index (χ1) is 9.88. The maximum atomic E-state index is 13.8. The minimum absolute atomic E-state index is 0.0714. The fraction of sp³-hybridized carbons (Fsp3) is 0.143. The summed E-state index contributed by atoms with van der Waals surface area (Å²) >= 11 is 3.00. The molecule has 0 heterocycles. The Morgan fingerprint density at radius 2 is 1.86 bits per heavy atom. The third-order valence-corrected chi connectivity index (χ3v) is 3.41. The molecule has 2 rings (SSSR count). The Labute approximate surface area is 128 Å². The summed E-state index contributed by atoms with van der Waals surface area (Å²) in [4.78, 5) is 10.2. The molecule has 1 N–H and O–H groups in total. The molecule has 0 amide bonds. The van der Waals surface area contributed by atoms with Crippen LogP contribution in [0, 0.1) is 21.7 Å². The lowest BCUT2D eigenvalue weighted by Gasteiger charge is -2.17. The van der Waals surface area contributed by atoms with Gasteiger partial charge in [-0.25, -0.2) is 8.78 Å². The van der Waals surface area contributed by atoms with Crippen molar-refractivity contribution in [3.63, 3.8) is 0 Å². The van der Waals surface area contributed by atoms with Gasteiger partial charge in [0, 0.05) is 22.6 Å². The lowest BCUT2D eigenvalue weighted by Crippen LogP contribution is -2.10. The molecule has 0 spiro atoms. The Bertz CT molecular complexity index is 671. The highest BCUT2D eigenvalue weighted by molar-refractivity contribution is 9.10. The Balaban J connectivity index is 2.28.